The molecule has 0 spiro atoms. The number of carbonyl (C=O) groups excluding carboxylic acids is 1. The minimum absolute atomic E-state index is 0.116. The van der Waals surface area contributed by atoms with Gasteiger partial charge in [0.1, 0.15) is 17.2 Å². The molecule has 0 radical (unpaired) electrons. The molecule has 0 saturated carbocycles. The summed E-state index contributed by atoms with van der Waals surface area (Å²) in [5, 5.41) is 20.4. The van der Waals surface area contributed by atoms with Crippen molar-refractivity contribution in [3.8, 4) is 5.75 Å². The molecule has 34 heavy (non-hydrogen) atoms. The number of aliphatic hydroxyl groups is 1. The van der Waals surface area contributed by atoms with Gasteiger partial charge in [0.25, 0.3) is 0 Å². The number of halogens is 3. The van der Waals surface area contributed by atoms with E-state index in [1.807, 2.05) is 32.0 Å². The largest absolute Gasteiger partial charge is 0.485 e. The molecule has 2 amide bonds. The minimum atomic E-state index is -4.45. The number of alkyl halides is 3. The second-order valence-electron chi connectivity index (χ2n) is 8.72. The number of nitrogens with zero attached hydrogens (tertiary/aromatic N) is 1. The van der Waals surface area contributed by atoms with Gasteiger partial charge in [0.15, 0.2) is 0 Å². The summed E-state index contributed by atoms with van der Waals surface area (Å²) in [7, 11) is 0. The van der Waals surface area contributed by atoms with E-state index in [0.717, 1.165) is 23.3 Å². The Morgan fingerprint density at radius 1 is 1.15 bits per heavy atom. The molecule has 0 atom stereocenters. The van der Waals surface area contributed by atoms with Gasteiger partial charge in [-0.25, -0.2) is 4.79 Å². The number of hydrogen-bond acceptors (Lipinski definition) is 4. The molecule has 0 heterocycles. The molecule has 2 aromatic carbocycles. The van der Waals surface area contributed by atoms with Gasteiger partial charge in [-0.05, 0) is 75.1 Å². The summed E-state index contributed by atoms with van der Waals surface area (Å²) in [5.41, 5.74) is 0.599. The summed E-state index contributed by atoms with van der Waals surface area (Å²) in [6.07, 6.45) is -3.00. The van der Waals surface area contributed by atoms with E-state index in [1.54, 1.807) is 13.8 Å². The molecule has 0 aliphatic heterocycles. The number of urea groups is 1. The fourth-order valence-corrected chi connectivity index (χ4v) is 3.23. The Bertz CT molecular complexity index is 989. The summed E-state index contributed by atoms with van der Waals surface area (Å²) in [5.74, 6) is 0.784. The Labute approximate surface area is 198 Å². The monoisotopic (exact) mass is 479 g/mol. The first-order chi connectivity index (χ1) is 15.9. The molecule has 0 fully saturated rings. The first kappa shape index (κ1) is 27.2. The molecule has 0 aliphatic carbocycles. The van der Waals surface area contributed by atoms with E-state index in [-0.39, 0.29) is 18.1 Å². The maximum Gasteiger partial charge on any atom is 0.416 e. The second-order valence-corrected chi connectivity index (χ2v) is 8.72. The van der Waals surface area contributed by atoms with Crippen molar-refractivity contribution in [1.29, 1.82) is 5.41 Å². The number of benzene rings is 2. The Balaban J connectivity index is 2.01. The van der Waals surface area contributed by atoms with Gasteiger partial charge in [0.2, 0.25) is 0 Å². The summed E-state index contributed by atoms with van der Waals surface area (Å²) >= 11 is 0. The van der Waals surface area contributed by atoms with Crippen LogP contribution in [0.3, 0.4) is 0 Å². The molecule has 0 aromatic heterocycles. The van der Waals surface area contributed by atoms with Crippen molar-refractivity contribution in [2.24, 2.45) is 0 Å². The smallest absolute Gasteiger partial charge is 0.416 e. The molecule has 186 valence electrons. The number of anilines is 1. The first-order valence-electron chi connectivity index (χ1n) is 11.1. The quantitative estimate of drug-likeness (QED) is 0.304. The Morgan fingerprint density at radius 2 is 1.79 bits per heavy atom. The molecule has 2 aromatic rings. The summed E-state index contributed by atoms with van der Waals surface area (Å²) in [4.78, 5) is 14.0. The molecule has 9 heteroatoms. The van der Waals surface area contributed by atoms with Gasteiger partial charge in [-0.2, -0.15) is 13.2 Å². The number of hydrogen-bond donors (Lipinski definition) is 3. The fraction of sp³-hybridized carbons (Fsp3) is 0.440. The molecule has 0 unspecified atom stereocenters. The first-order valence-corrected chi connectivity index (χ1v) is 11.1. The van der Waals surface area contributed by atoms with Crippen molar-refractivity contribution in [2.75, 3.05) is 18.5 Å². The highest BCUT2D eigenvalue weighted by atomic mass is 19.4. The van der Waals surface area contributed by atoms with Gasteiger partial charge in [-0.3, -0.25) is 10.3 Å². The van der Waals surface area contributed by atoms with Gasteiger partial charge in [-0.15, -0.1) is 0 Å². The number of aryl methyl sites for hydroxylation is 2. The second kappa shape index (κ2) is 11.4. The van der Waals surface area contributed by atoms with Crippen LogP contribution < -0.4 is 10.1 Å². The van der Waals surface area contributed by atoms with Crippen LogP contribution in [0.5, 0.6) is 5.75 Å². The van der Waals surface area contributed by atoms with Crippen LogP contribution in [0.2, 0.25) is 0 Å². The molecule has 0 bridgehead atoms. The molecular formula is C25H32F3N3O3. The van der Waals surface area contributed by atoms with Crippen molar-refractivity contribution >= 4 is 17.6 Å². The number of carbonyl (C=O) groups is 1. The predicted molar refractivity (Wildman–Crippen MR) is 126 cm³/mol. The molecule has 2 rings (SSSR count). The fourth-order valence-electron chi connectivity index (χ4n) is 3.23. The lowest BCUT2D eigenvalue weighted by atomic mass is 10.0. The molecule has 6 nitrogen and oxygen atoms in total. The predicted octanol–water partition coefficient (Wildman–Crippen LogP) is 6.02. The van der Waals surface area contributed by atoms with Crippen molar-refractivity contribution in [3.05, 3.63) is 59.2 Å². The lowest BCUT2D eigenvalue weighted by Crippen LogP contribution is -2.40. The molecule has 3 N–H and O–H groups in total. The number of aliphatic hydroxyl groups excluding tert-OH is 1. The van der Waals surface area contributed by atoms with Crippen molar-refractivity contribution in [1.82, 2.24) is 4.90 Å². The van der Waals surface area contributed by atoms with Gasteiger partial charge >= 0.3 is 12.2 Å². The average Bonchev–Trinajstić information content (AvgIpc) is 2.77. The van der Waals surface area contributed by atoms with Crippen LogP contribution in [-0.2, 0) is 12.6 Å². The van der Waals surface area contributed by atoms with E-state index >= 15 is 0 Å². The van der Waals surface area contributed by atoms with E-state index in [1.165, 1.54) is 17.0 Å². The number of amidine groups is 1. The van der Waals surface area contributed by atoms with Crippen LogP contribution in [0.1, 0.15) is 50.3 Å². The lowest BCUT2D eigenvalue weighted by Gasteiger charge is -2.25. The maximum atomic E-state index is 12.7. The van der Waals surface area contributed by atoms with Crippen LogP contribution in [0.15, 0.2) is 42.5 Å². The topological polar surface area (TPSA) is 85.7 Å². The van der Waals surface area contributed by atoms with Crippen LogP contribution in [-0.4, -0.2) is 40.6 Å². The van der Waals surface area contributed by atoms with Crippen LogP contribution in [0, 0.1) is 12.3 Å². The molecule has 0 saturated heterocycles. The third-order valence-corrected chi connectivity index (χ3v) is 5.14. The SMILES string of the molecule is CCCN(C(=N)CCc1ccc(OC(C)(C)CO)c(C)c1)C(=O)Nc1ccc(C(F)(F)F)cc1. The van der Waals surface area contributed by atoms with E-state index in [9.17, 15) is 23.1 Å². The van der Waals surface area contributed by atoms with Crippen molar-refractivity contribution in [3.63, 3.8) is 0 Å². The van der Waals surface area contributed by atoms with E-state index in [4.69, 9.17) is 10.1 Å². The summed E-state index contributed by atoms with van der Waals surface area (Å²) in [6, 6.07) is 9.30. The summed E-state index contributed by atoms with van der Waals surface area (Å²) in [6.45, 7) is 7.56. The lowest BCUT2D eigenvalue weighted by molar-refractivity contribution is -0.137. The highest BCUT2D eigenvalue weighted by Gasteiger charge is 2.30. The number of nitrogens with one attached hydrogen (secondary N) is 2. The van der Waals surface area contributed by atoms with Gasteiger partial charge in [-0.1, -0.05) is 19.1 Å². The van der Waals surface area contributed by atoms with Crippen molar-refractivity contribution < 1.29 is 27.8 Å². The van der Waals surface area contributed by atoms with Crippen LogP contribution in [0.4, 0.5) is 23.7 Å². The number of rotatable bonds is 9. The highest BCUT2D eigenvalue weighted by Crippen LogP contribution is 2.30. The third kappa shape index (κ3) is 7.76. The van der Waals surface area contributed by atoms with Gasteiger partial charge < -0.3 is 15.2 Å². The van der Waals surface area contributed by atoms with Gasteiger partial charge in [0.05, 0.1) is 12.2 Å². The average molecular weight is 480 g/mol. The third-order valence-electron chi connectivity index (χ3n) is 5.14. The number of ether oxygens (including phenoxy) is 1. The Hall–Kier alpha value is -3.07. The summed E-state index contributed by atoms with van der Waals surface area (Å²) < 4.78 is 44.0. The molecular weight excluding hydrogens is 447 g/mol. The zero-order valence-electron chi connectivity index (χ0n) is 19.9. The normalized spacial score (nSPS) is 11.8. The maximum absolute atomic E-state index is 12.7. The zero-order chi connectivity index (χ0) is 25.5. The van der Waals surface area contributed by atoms with Crippen molar-refractivity contribution in [2.45, 2.75) is 58.7 Å². The van der Waals surface area contributed by atoms with E-state index in [2.05, 4.69) is 5.32 Å². The van der Waals surface area contributed by atoms with E-state index in [0.29, 0.717) is 31.6 Å². The zero-order valence-corrected chi connectivity index (χ0v) is 19.9. The van der Waals surface area contributed by atoms with Gasteiger partial charge in [0, 0.05) is 18.7 Å². The Kier molecular flexibility index (Phi) is 9.09. The van der Waals surface area contributed by atoms with E-state index < -0.39 is 23.4 Å². The standard InChI is InChI=1S/C25H32F3N3O3/c1-5-14-31(23(33)30-20-10-8-19(9-11-20)25(26,27)28)22(29)13-7-18-6-12-21(17(2)15-18)34-24(3,4)16-32/h6,8-12,15,29,32H,5,7,13-14,16H2,1-4H3,(H,30,33). The molecule has 0 aliphatic rings. The Morgan fingerprint density at radius 3 is 2.32 bits per heavy atom. The number of amides is 2. The highest BCUT2D eigenvalue weighted by molar-refractivity contribution is 6.02. The van der Waals surface area contributed by atoms with Crippen LogP contribution in [0.25, 0.3) is 0 Å². The van der Waals surface area contributed by atoms with Crippen LogP contribution >= 0.6 is 0 Å². The minimum Gasteiger partial charge on any atom is -0.485 e.